The summed E-state index contributed by atoms with van der Waals surface area (Å²) in [6, 6.07) is 4.64. The molecule has 114 valence electrons. The summed E-state index contributed by atoms with van der Waals surface area (Å²) in [7, 11) is 0. The van der Waals surface area contributed by atoms with Gasteiger partial charge in [-0.05, 0) is 55.7 Å². The Bertz CT molecular complexity index is 393. The van der Waals surface area contributed by atoms with Crippen molar-refractivity contribution in [2.45, 2.75) is 46.5 Å². The topological polar surface area (TPSA) is 21.3 Å². The predicted molar refractivity (Wildman–Crippen MR) is 87.6 cm³/mol. The molecule has 0 aliphatic carbocycles. The van der Waals surface area contributed by atoms with E-state index in [0.717, 1.165) is 38.6 Å². The van der Waals surface area contributed by atoms with Gasteiger partial charge in [0.2, 0.25) is 0 Å². The highest BCUT2D eigenvalue weighted by atomic mass is 32.1. The number of aryl methyl sites for hydroxylation is 1. The fourth-order valence-electron chi connectivity index (χ4n) is 2.92. The molecule has 2 nitrogen and oxygen atoms in total. The molecule has 20 heavy (non-hydrogen) atoms. The molecule has 1 aliphatic heterocycles. The van der Waals surface area contributed by atoms with Crippen LogP contribution in [0.2, 0.25) is 0 Å². The van der Waals surface area contributed by atoms with Crippen molar-refractivity contribution >= 4 is 11.3 Å². The Morgan fingerprint density at radius 3 is 2.55 bits per heavy atom. The number of ether oxygens (including phenoxy) is 1. The van der Waals surface area contributed by atoms with Crippen LogP contribution in [0.5, 0.6) is 0 Å². The van der Waals surface area contributed by atoms with E-state index in [4.69, 9.17) is 4.74 Å². The van der Waals surface area contributed by atoms with Crippen molar-refractivity contribution in [3.8, 4) is 0 Å². The lowest BCUT2D eigenvalue weighted by Gasteiger charge is -2.37. The Balaban J connectivity index is 1.98. The Hall–Kier alpha value is -0.380. The molecule has 0 aromatic carbocycles. The summed E-state index contributed by atoms with van der Waals surface area (Å²) in [4.78, 5) is 3.06. The van der Waals surface area contributed by atoms with Crippen LogP contribution < -0.4 is 5.32 Å². The average Bonchev–Trinajstić information content (AvgIpc) is 2.86. The second kappa shape index (κ2) is 7.58. The first-order valence-electron chi connectivity index (χ1n) is 7.99. The summed E-state index contributed by atoms with van der Waals surface area (Å²) in [5, 5.41) is 3.69. The Morgan fingerprint density at radius 1 is 1.25 bits per heavy atom. The largest absolute Gasteiger partial charge is 0.381 e. The van der Waals surface area contributed by atoms with Gasteiger partial charge >= 0.3 is 0 Å². The Kier molecular flexibility index (Phi) is 6.06. The SMILES string of the molecule is CCc1ccc(CC2(CNCC(C)C)CCOCC2)s1. The summed E-state index contributed by atoms with van der Waals surface area (Å²) in [6.45, 7) is 10.9. The smallest absolute Gasteiger partial charge is 0.0471 e. The molecule has 0 spiro atoms. The molecule has 0 atom stereocenters. The van der Waals surface area contributed by atoms with E-state index in [-0.39, 0.29) is 0 Å². The first kappa shape index (κ1) is 16.0. The van der Waals surface area contributed by atoms with E-state index in [9.17, 15) is 0 Å². The Morgan fingerprint density at radius 2 is 1.95 bits per heavy atom. The van der Waals surface area contributed by atoms with Crippen molar-refractivity contribution in [1.82, 2.24) is 5.32 Å². The molecule has 2 rings (SSSR count). The number of rotatable bonds is 7. The van der Waals surface area contributed by atoms with Crippen molar-refractivity contribution in [2.24, 2.45) is 11.3 Å². The van der Waals surface area contributed by atoms with Gasteiger partial charge in [0.25, 0.3) is 0 Å². The molecular formula is C17H29NOS. The quantitative estimate of drug-likeness (QED) is 0.824. The van der Waals surface area contributed by atoms with Crippen LogP contribution in [-0.4, -0.2) is 26.3 Å². The molecule has 0 bridgehead atoms. The fraction of sp³-hybridized carbons (Fsp3) is 0.765. The van der Waals surface area contributed by atoms with Crippen LogP contribution in [0.25, 0.3) is 0 Å². The monoisotopic (exact) mass is 295 g/mol. The number of hydrogen-bond acceptors (Lipinski definition) is 3. The third kappa shape index (κ3) is 4.57. The van der Waals surface area contributed by atoms with Crippen LogP contribution >= 0.6 is 11.3 Å². The minimum absolute atomic E-state index is 0.406. The van der Waals surface area contributed by atoms with Crippen molar-refractivity contribution in [3.05, 3.63) is 21.9 Å². The summed E-state index contributed by atoms with van der Waals surface area (Å²) >= 11 is 2.00. The van der Waals surface area contributed by atoms with E-state index in [0.29, 0.717) is 5.41 Å². The van der Waals surface area contributed by atoms with E-state index in [1.807, 2.05) is 11.3 Å². The van der Waals surface area contributed by atoms with E-state index < -0.39 is 0 Å². The zero-order valence-electron chi connectivity index (χ0n) is 13.2. The van der Waals surface area contributed by atoms with Crippen molar-refractivity contribution in [3.63, 3.8) is 0 Å². The van der Waals surface area contributed by atoms with Gasteiger partial charge in [-0.1, -0.05) is 20.8 Å². The molecule has 1 fully saturated rings. The van der Waals surface area contributed by atoms with Gasteiger partial charge in [-0.25, -0.2) is 0 Å². The van der Waals surface area contributed by atoms with E-state index >= 15 is 0 Å². The molecule has 1 aromatic heterocycles. The molecule has 3 heteroatoms. The molecular weight excluding hydrogens is 266 g/mol. The minimum atomic E-state index is 0.406. The summed E-state index contributed by atoms with van der Waals surface area (Å²) < 4.78 is 5.59. The van der Waals surface area contributed by atoms with Gasteiger partial charge in [0, 0.05) is 29.5 Å². The van der Waals surface area contributed by atoms with E-state index in [1.54, 1.807) is 4.88 Å². The normalized spacial score (nSPS) is 18.6. The highest BCUT2D eigenvalue weighted by molar-refractivity contribution is 7.11. The third-order valence-electron chi connectivity index (χ3n) is 4.22. The van der Waals surface area contributed by atoms with Gasteiger partial charge in [0.15, 0.2) is 0 Å². The van der Waals surface area contributed by atoms with Gasteiger partial charge < -0.3 is 10.1 Å². The highest BCUT2D eigenvalue weighted by Gasteiger charge is 2.32. The summed E-state index contributed by atoms with van der Waals surface area (Å²) in [6.07, 6.45) is 4.76. The molecule has 0 amide bonds. The van der Waals surface area contributed by atoms with Crippen molar-refractivity contribution in [2.75, 3.05) is 26.3 Å². The lowest BCUT2D eigenvalue weighted by Crippen LogP contribution is -2.41. The van der Waals surface area contributed by atoms with Gasteiger partial charge in [-0.2, -0.15) is 0 Å². The number of hydrogen-bond donors (Lipinski definition) is 1. The maximum absolute atomic E-state index is 5.59. The summed E-state index contributed by atoms with van der Waals surface area (Å²) in [5.41, 5.74) is 0.406. The van der Waals surface area contributed by atoms with Gasteiger partial charge in [0.1, 0.15) is 0 Å². The zero-order chi connectivity index (χ0) is 14.4. The molecule has 0 saturated carbocycles. The molecule has 1 saturated heterocycles. The predicted octanol–water partition coefficient (Wildman–Crippen LogP) is 3.90. The lowest BCUT2D eigenvalue weighted by molar-refractivity contribution is 0.0151. The van der Waals surface area contributed by atoms with Crippen LogP contribution in [0.3, 0.4) is 0 Å². The van der Waals surface area contributed by atoms with Crippen molar-refractivity contribution < 1.29 is 4.74 Å². The maximum atomic E-state index is 5.59. The van der Waals surface area contributed by atoms with Crippen LogP contribution in [0.1, 0.15) is 43.4 Å². The Labute approximate surface area is 127 Å². The fourth-order valence-corrected chi connectivity index (χ4v) is 4.06. The van der Waals surface area contributed by atoms with Crippen LogP contribution in [0.4, 0.5) is 0 Å². The second-order valence-electron chi connectivity index (χ2n) is 6.54. The highest BCUT2D eigenvalue weighted by Crippen LogP contribution is 2.35. The second-order valence-corrected chi connectivity index (χ2v) is 7.79. The molecule has 2 heterocycles. The maximum Gasteiger partial charge on any atom is 0.0471 e. The van der Waals surface area contributed by atoms with Gasteiger partial charge in [-0.15, -0.1) is 11.3 Å². The van der Waals surface area contributed by atoms with Crippen LogP contribution in [-0.2, 0) is 17.6 Å². The van der Waals surface area contributed by atoms with Gasteiger partial charge in [-0.3, -0.25) is 0 Å². The molecule has 0 radical (unpaired) electrons. The molecule has 1 N–H and O–H groups in total. The third-order valence-corrected chi connectivity index (χ3v) is 5.45. The standard InChI is InChI=1S/C17H29NOS/c1-4-15-5-6-16(20-15)11-17(7-9-19-10-8-17)13-18-12-14(2)3/h5-6,14,18H,4,7-13H2,1-3H3. The van der Waals surface area contributed by atoms with Crippen LogP contribution in [0, 0.1) is 11.3 Å². The lowest BCUT2D eigenvalue weighted by atomic mass is 9.76. The molecule has 1 aromatic rings. The van der Waals surface area contributed by atoms with Crippen molar-refractivity contribution in [1.29, 1.82) is 0 Å². The number of thiophene rings is 1. The van der Waals surface area contributed by atoms with E-state index in [1.165, 1.54) is 24.1 Å². The average molecular weight is 295 g/mol. The van der Waals surface area contributed by atoms with Gasteiger partial charge in [0.05, 0.1) is 0 Å². The first-order chi connectivity index (χ1) is 9.63. The molecule has 0 unspecified atom stereocenters. The zero-order valence-corrected chi connectivity index (χ0v) is 14.0. The van der Waals surface area contributed by atoms with Crippen LogP contribution in [0.15, 0.2) is 12.1 Å². The first-order valence-corrected chi connectivity index (χ1v) is 8.81. The number of nitrogens with one attached hydrogen (secondary N) is 1. The minimum Gasteiger partial charge on any atom is -0.381 e. The summed E-state index contributed by atoms with van der Waals surface area (Å²) in [5.74, 6) is 0.723. The van der Waals surface area contributed by atoms with E-state index in [2.05, 4.69) is 38.2 Å². The molecule has 1 aliphatic rings.